The van der Waals surface area contributed by atoms with E-state index < -0.39 is 57.5 Å². The standard InChI is InChI=1S/C32H40N2O7S/c1-30(2,3)41-29(36)33-25(20-10-8-7-9-11-20)26(40-28(33)21-12-14-23(39-6)15-13-21)27(35)34-24-18-22-16-17-32(24,31(22,4)5)19-42(34,37)38/h7-15,22,24-26,28H,16-19H2,1-6H3/t22-,24-,25-,26+,28+,32-/m0/s1. The SMILES string of the molecule is COc1ccc([C@H]2O[C@@H](C(=O)N3[C@H]4C[C@@H]5CC[C@@]4(CS3(=O)=O)C5(C)C)[C@H](c3ccccc3)N2C(=O)OC(C)(C)C)cc1. The second kappa shape index (κ2) is 9.71. The number of sulfonamides is 1. The van der Waals surface area contributed by atoms with Crippen LogP contribution in [0.4, 0.5) is 4.79 Å². The minimum atomic E-state index is -3.91. The van der Waals surface area contributed by atoms with Crippen LogP contribution in [0.15, 0.2) is 54.6 Å². The lowest BCUT2D eigenvalue weighted by molar-refractivity contribution is -0.141. The number of methoxy groups -OCH3 is 1. The third-order valence-electron chi connectivity index (χ3n) is 10.1. The highest BCUT2D eigenvalue weighted by molar-refractivity contribution is 7.90. The predicted molar refractivity (Wildman–Crippen MR) is 156 cm³/mol. The third-order valence-corrected chi connectivity index (χ3v) is 12.0. The Balaban J connectivity index is 1.45. The maximum Gasteiger partial charge on any atom is 0.413 e. The molecule has 2 aliphatic heterocycles. The maximum atomic E-state index is 14.6. The van der Waals surface area contributed by atoms with E-state index in [4.69, 9.17) is 14.2 Å². The van der Waals surface area contributed by atoms with Gasteiger partial charge >= 0.3 is 6.09 Å². The highest BCUT2D eigenvalue weighted by atomic mass is 32.2. The van der Waals surface area contributed by atoms with Gasteiger partial charge in [0.1, 0.15) is 11.4 Å². The summed E-state index contributed by atoms with van der Waals surface area (Å²) in [5, 5.41) is 0. The fourth-order valence-electron chi connectivity index (χ4n) is 7.99. The first kappa shape index (κ1) is 29.0. The summed E-state index contributed by atoms with van der Waals surface area (Å²) in [7, 11) is -2.34. The van der Waals surface area contributed by atoms with Gasteiger partial charge in [-0.1, -0.05) is 56.3 Å². The maximum absolute atomic E-state index is 14.6. The van der Waals surface area contributed by atoms with Gasteiger partial charge in [0.15, 0.2) is 12.3 Å². The molecule has 0 unspecified atom stereocenters. The topological polar surface area (TPSA) is 102 Å². The van der Waals surface area contributed by atoms with Gasteiger partial charge in [0, 0.05) is 11.0 Å². The van der Waals surface area contributed by atoms with Crippen molar-refractivity contribution in [3.63, 3.8) is 0 Å². The second-order valence-electron chi connectivity index (χ2n) is 13.7. The van der Waals surface area contributed by atoms with Gasteiger partial charge in [-0.25, -0.2) is 17.5 Å². The zero-order chi connectivity index (χ0) is 30.2. The first-order valence-corrected chi connectivity index (χ1v) is 16.2. The van der Waals surface area contributed by atoms with Crippen LogP contribution >= 0.6 is 0 Å². The van der Waals surface area contributed by atoms with Crippen molar-refractivity contribution in [2.45, 2.75) is 83.9 Å². The molecule has 6 rings (SSSR count). The molecule has 10 heteroatoms. The molecule has 2 saturated carbocycles. The van der Waals surface area contributed by atoms with E-state index >= 15 is 0 Å². The van der Waals surface area contributed by atoms with Crippen molar-refractivity contribution >= 4 is 22.0 Å². The van der Waals surface area contributed by atoms with E-state index in [1.165, 1.54) is 4.90 Å². The van der Waals surface area contributed by atoms with Crippen molar-refractivity contribution in [1.29, 1.82) is 0 Å². The number of carbonyl (C=O) groups is 2. The van der Waals surface area contributed by atoms with E-state index in [2.05, 4.69) is 13.8 Å². The molecule has 0 aromatic heterocycles. The average molecular weight is 597 g/mol. The molecule has 226 valence electrons. The Bertz CT molecular complexity index is 1480. The Hall–Kier alpha value is -3.11. The number of rotatable bonds is 4. The first-order chi connectivity index (χ1) is 19.7. The molecule has 2 amide bonds. The van der Waals surface area contributed by atoms with Crippen LogP contribution < -0.4 is 4.74 Å². The Morgan fingerprint density at radius 1 is 1.00 bits per heavy atom. The molecule has 6 atom stereocenters. The van der Waals surface area contributed by atoms with Gasteiger partial charge < -0.3 is 14.2 Å². The van der Waals surface area contributed by atoms with Crippen molar-refractivity contribution in [2.75, 3.05) is 12.9 Å². The van der Waals surface area contributed by atoms with Crippen molar-refractivity contribution in [1.82, 2.24) is 9.21 Å². The average Bonchev–Trinajstić information content (AvgIpc) is 3.58. The summed E-state index contributed by atoms with van der Waals surface area (Å²) in [4.78, 5) is 30.0. The van der Waals surface area contributed by atoms with E-state index in [9.17, 15) is 18.0 Å². The zero-order valence-corrected chi connectivity index (χ0v) is 25.9. The van der Waals surface area contributed by atoms with Crippen LogP contribution in [-0.4, -0.2) is 60.2 Å². The summed E-state index contributed by atoms with van der Waals surface area (Å²) in [6.07, 6.45) is -0.517. The van der Waals surface area contributed by atoms with Gasteiger partial charge in [-0.3, -0.25) is 9.69 Å². The van der Waals surface area contributed by atoms with Gasteiger partial charge in [0.25, 0.3) is 5.91 Å². The Kier molecular flexibility index (Phi) is 6.70. The normalized spacial score (nSPS) is 32.6. The minimum Gasteiger partial charge on any atom is -0.497 e. The van der Waals surface area contributed by atoms with Gasteiger partial charge in [-0.15, -0.1) is 0 Å². The second-order valence-corrected chi connectivity index (χ2v) is 15.5. The van der Waals surface area contributed by atoms with Crippen LogP contribution in [0, 0.1) is 16.7 Å². The lowest BCUT2D eigenvalue weighted by Gasteiger charge is -2.37. The van der Waals surface area contributed by atoms with E-state index in [1.807, 2.05) is 30.3 Å². The monoisotopic (exact) mass is 596 g/mol. The first-order valence-electron chi connectivity index (χ1n) is 14.6. The fraction of sp³-hybridized carbons (Fsp3) is 0.562. The third kappa shape index (κ3) is 4.32. The summed E-state index contributed by atoms with van der Waals surface area (Å²) >= 11 is 0. The van der Waals surface area contributed by atoms with Crippen molar-refractivity contribution in [3.8, 4) is 5.75 Å². The highest BCUT2D eigenvalue weighted by Gasteiger charge is 2.73. The fourth-order valence-corrected chi connectivity index (χ4v) is 10.5. The number of ether oxygens (including phenoxy) is 3. The van der Waals surface area contributed by atoms with Gasteiger partial charge in [-0.05, 0) is 69.1 Å². The molecule has 2 aromatic rings. The molecule has 0 N–H and O–H groups in total. The van der Waals surface area contributed by atoms with Crippen LogP contribution in [-0.2, 0) is 24.3 Å². The quantitative estimate of drug-likeness (QED) is 0.463. The molecule has 9 nitrogen and oxygen atoms in total. The van der Waals surface area contributed by atoms with Crippen LogP contribution in [0.1, 0.15) is 77.3 Å². The lowest BCUT2D eigenvalue weighted by atomic mass is 9.69. The summed E-state index contributed by atoms with van der Waals surface area (Å²) in [5.74, 6) is 0.312. The Labute approximate surface area is 248 Å². The number of hydrogen-bond acceptors (Lipinski definition) is 7. The van der Waals surface area contributed by atoms with Crippen LogP contribution in [0.2, 0.25) is 0 Å². The number of hydrogen-bond donors (Lipinski definition) is 0. The van der Waals surface area contributed by atoms with Crippen molar-refractivity contribution < 1.29 is 32.2 Å². The van der Waals surface area contributed by atoms with Crippen LogP contribution in [0.3, 0.4) is 0 Å². The van der Waals surface area contributed by atoms with E-state index in [1.54, 1.807) is 52.1 Å². The number of fused-ring (bicyclic) bond motifs is 1. The highest BCUT2D eigenvalue weighted by Crippen LogP contribution is 2.70. The number of benzene rings is 2. The van der Waals surface area contributed by atoms with Gasteiger partial charge in [0.05, 0.1) is 24.9 Å². The molecule has 2 bridgehead atoms. The molecule has 2 heterocycles. The molecule has 2 aliphatic carbocycles. The molecule has 2 saturated heterocycles. The predicted octanol–water partition coefficient (Wildman–Crippen LogP) is 5.44. The lowest BCUT2D eigenvalue weighted by Crippen LogP contribution is -2.49. The van der Waals surface area contributed by atoms with Crippen LogP contribution in [0.5, 0.6) is 5.75 Å². The summed E-state index contributed by atoms with van der Waals surface area (Å²) in [6, 6.07) is 14.9. The number of nitrogens with zero attached hydrogens (tertiary/aromatic N) is 2. The number of amides is 2. The molecule has 4 fully saturated rings. The molecule has 1 spiro atoms. The summed E-state index contributed by atoms with van der Waals surface area (Å²) < 4.78 is 46.5. The Morgan fingerprint density at radius 2 is 1.67 bits per heavy atom. The van der Waals surface area contributed by atoms with Gasteiger partial charge in [-0.2, -0.15) is 0 Å². The zero-order valence-electron chi connectivity index (χ0n) is 25.1. The van der Waals surface area contributed by atoms with Crippen LogP contribution in [0.25, 0.3) is 0 Å². The molecule has 0 radical (unpaired) electrons. The van der Waals surface area contributed by atoms with Crippen molar-refractivity contribution in [3.05, 3.63) is 65.7 Å². The largest absolute Gasteiger partial charge is 0.497 e. The smallest absolute Gasteiger partial charge is 0.413 e. The molecule has 42 heavy (non-hydrogen) atoms. The minimum absolute atomic E-state index is 0.0414. The van der Waals surface area contributed by atoms with E-state index in [0.717, 1.165) is 17.1 Å². The summed E-state index contributed by atoms with van der Waals surface area (Å²) in [6.45, 7) is 9.63. The van der Waals surface area contributed by atoms with E-state index in [-0.39, 0.29) is 11.2 Å². The van der Waals surface area contributed by atoms with E-state index in [0.29, 0.717) is 29.2 Å². The molecular formula is C32H40N2O7S. The Morgan fingerprint density at radius 3 is 2.26 bits per heavy atom. The van der Waals surface area contributed by atoms with Crippen molar-refractivity contribution in [2.24, 2.45) is 16.7 Å². The molecule has 4 aliphatic rings. The molecule has 2 aromatic carbocycles. The summed E-state index contributed by atoms with van der Waals surface area (Å²) in [5.41, 5.74) is -0.224. The number of carbonyl (C=O) groups excluding carboxylic acids is 2. The molecular weight excluding hydrogens is 556 g/mol. The van der Waals surface area contributed by atoms with Gasteiger partial charge in [0.2, 0.25) is 10.0 Å².